The van der Waals surface area contributed by atoms with E-state index in [1.165, 1.54) is 0 Å². The van der Waals surface area contributed by atoms with Crippen molar-refractivity contribution in [3.63, 3.8) is 0 Å². The number of aromatic nitrogens is 2. The van der Waals surface area contributed by atoms with Gasteiger partial charge in [0.1, 0.15) is 5.69 Å². The van der Waals surface area contributed by atoms with Crippen LogP contribution < -0.4 is 4.90 Å². The molecule has 0 aliphatic heterocycles. The van der Waals surface area contributed by atoms with Gasteiger partial charge < -0.3 is 4.90 Å². The van der Waals surface area contributed by atoms with E-state index in [1.54, 1.807) is 24.3 Å². The van der Waals surface area contributed by atoms with Crippen molar-refractivity contribution in [3.8, 4) is 11.1 Å². The highest BCUT2D eigenvalue weighted by atomic mass is 16.2. The molecule has 0 saturated carbocycles. The third-order valence-electron chi connectivity index (χ3n) is 4.22. The summed E-state index contributed by atoms with van der Waals surface area (Å²) in [6.45, 7) is 5.92. The molecule has 4 nitrogen and oxygen atoms in total. The molecule has 0 bridgehead atoms. The lowest BCUT2D eigenvalue weighted by atomic mass is 10.00. The second-order valence-electron chi connectivity index (χ2n) is 6.24. The molecule has 4 heteroatoms. The Kier molecular flexibility index (Phi) is 4.61. The molecule has 1 aromatic carbocycles. The van der Waals surface area contributed by atoms with E-state index in [-0.39, 0.29) is 5.91 Å². The number of pyridine rings is 2. The van der Waals surface area contributed by atoms with Gasteiger partial charge >= 0.3 is 0 Å². The number of benzene rings is 1. The van der Waals surface area contributed by atoms with Crippen LogP contribution in [0.3, 0.4) is 0 Å². The molecule has 0 radical (unpaired) electrons. The van der Waals surface area contributed by atoms with E-state index in [1.807, 2.05) is 44.2 Å². The van der Waals surface area contributed by atoms with E-state index in [4.69, 9.17) is 0 Å². The number of nitrogens with zero attached hydrogens (tertiary/aromatic N) is 3. The summed E-state index contributed by atoms with van der Waals surface area (Å²) in [6.07, 6.45) is 3.47. The first kappa shape index (κ1) is 16.8. The van der Waals surface area contributed by atoms with Crippen molar-refractivity contribution in [2.75, 3.05) is 11.9 Å². The number of hydrogen-bond acceptors (Lipinski definition) is 3. The molecule has 0 fully saturated rings. The first-order valence-corrected chi connectivity index (χ1v) is 8.20. The zero-order valence-corrected chi connectivity index (χ0v) is 14.9. The summed E-state index contributed by atoms with van der Waals surface area (Å²) in [4.78, 5) is 23.2. The summed E-state index contributed by atoms with van der Waals surface area (Å²) in [5.74, 6) is -0.144. The predicted molar refractivity (Wildman–Crippen MR) is 101 cm³/mol. The molecule has 0 spiro atoms. The molecule has 0 atom stereocenters. The van der Waals surface area contributed by atoms with E-state index >= 15 is 0 Å². The number of carbonyl (C=O) groups excluding carboxylic acids is 1. The van der Waals surface area contributed by atoms with Crippen molar-refractivity contribution < 1.29 is 4.79 Å². The van der Waals surface area contributed by atoms with Gasteiger partial charge in [0.2, 0.25) is 0 Å². The van der Waals surface area contributed by atoms with Gasteiger partial charge in [0.15, 0.2) is 0 Å². The number of carbonyl (C=O) groups is 1. The lowest BCUT2D eigenvalue weighted by molar-refractivity contribution is 0.0988. The SMILES string of the molecule is Cc1cc(C)nc(C(=O)N(C)c2cnccc2-c2ccccc2C)c1. The molecule has 0 saturated heterocycles. The van der Waals surface area contributed by atoms with Crippen molar-refractivity contribution in [2.45, 2.75) is 20.8 Å². The third kappa shape index (κ3) is 3.43. The molecule has 3 aromatic rings. The Balaban J connectivity index is 2.05. The molecule has 2 heterocycles. The molecular weight excluding hydrogens is 310 g/mol. The average Bonchev–Trinajstić information content (AvgIpc) is 2.60. The summed E-state index contributed by atoms with van der Waals surface area (Å²) in [5, 5.41) is 0. The lowest BCUT2D eigenvalue weighted by Gasteiger charge is -2.21. The van der Waals surface area contributed by atoms with Crippen molar-refractivity contribution in [2.24, 2.45) is 0 Å². The van der Waals surface area contributed by atoms with E-state index in [0.29, 0.717) is 5.69 Å². The quantitative estimate of drug-likeness (QED) is 0.717. The maximum atomic E-state index is 13.0. The van der Waals surface area contributed by atoms with Gasteiger partial charge in [0.05, 0.1) is 11.9 Å². The monoisotopic (exact) mass is 331 g/mol. The number of hydrogen-bond donors (Lipinski definition) is 0. The summed E-state index contributed by atoms with van der Waals surface area (Å²) >= 11 is 0. The second-order valence-corrected chi connectivity index (χ2v) is 6.24. The van der Waals surface area contributed by atoms with Crippen LogP contribution in [-0.2, 0) is 0 Å². The molecule has 25 heavy (non-hydrogen) atoms. The van der Waals surface area contributed by atoms with Crippen LogP contribution in [0, 0.1) is 20.8 Å². The highest BCUT2D eigenvalue weighted by Crippen LogP contribution is 2.32. The maximum Gasteiger partial charge on any atom is 0.276 e. The highest BCUT2D eigenvalue weighted by Gasteiger charge is 2.19. The minimum atomic E-state index is -0.144. The van der Waals surface area contributed by atoms with Gasteiger partial charge in [0.25, 0.3) is 5.91 Å². The minimum Gasteiger partial charge on any atom is -0.308 e. The first-order valence-electron chi connectivity index (χ1n) is 8.20. The van der Waals surface area contributed by atoms with E-state index < -0.39 is 0 Å². The van der Waals surface area contributed by atoms with Gasteiger partial charge in [-0.15, -0.1) is 0 Å². The van der Waals surface area contributed by atoms with Gasteiger partial charge in [-0.25, -0.2) is 4.98 Å². The van der Waals surface area contributed by atoms with E-state index in [0.717, 1.165) is 33.6 Å². The topological polar surface area (TPSA) is 46.1 Å². The Labute approximate surface area is 148 Å². The number of aryl methyl sites for hydroxylation is 3. The molecule has 1 amide bonds. The molecule has 0 aliphatic rings. The van der Waals surface area contributed by atoms with Gasteiger partial charge in [-0.3, -0.25) is 9.78 Å². The van der Waals surface area contributed by atoms with Crippen LogP contribution in [0.4, 0.5) is 5.69 Å². The van der Waals surface area contributed by atoms with Crippen molar-refractivity contribution >= 4 is 11.6 Å². The predicted octanol–water partition coefficient (Wildman–Crippen LogP) is 4.35. The molecule has 0 unspecified atom stereocenters. The van der Waals surface area contributed by atoms with E-state index in [2.05, 4.69) is 29.0 Å². The fourth-order valence-corrected chi connectivity index (χ4v) is 2.99. The van der Waals surface area contributed by atoms with Crippen molar-refractivity contribution in [1.82, 2.24) is 9.97 Å². The Morgan fingerprint density at radius 2 is 1.76 bits per heavy atom. The molecule has 2 aromatic heterocycles. The zero-order chi connectivity index (χ0) is 18.0. The second kappa shape index (κ2) is 6.85. The highest BCUT2D eigenvalue weighted by molar-refractivity contribution is 6.06. The molecule has 0 aliphatic carbocycles. The van der Waals surface area contributed by atoms with Crippen molar-refractivity contribution in [3.05, 3.63) is 77.4 Å². The summed E-state index contributed by atoms with van der Waals surface area (Å²) in [7, 11) is 1.76. The van der Waals surface area contributed by atoms with Crippen LogP contribution in [-0.4, -0.2) is 22.9 Å². The third-order valence-corrected chi connectivity index (χ3v) is 4.22. The van der Waals surface area contributed by atoms with Gasteiger partial charge in [-0.05, 0) is 55.7 Å². The number of rotatable bonds is 3. The van der Waals surface area contributed by atoms with E-state index in [9.17, 15) is 4.79 Å². The molecule has 0 N–H and O–H groups in total. The standard InChI is InChI=1S/C21H21N3O/c1-14-11-16(3)23-19(12-14)21(25)24(4)20-13-22-10-9-18(20)17-8-6-5-7-15(17)2/h5-13H,1-4H3. The maximum absolute atomic E-state index is 13.0. The van der Waals surface area contributed by atoms with Crippen LogP contribution >= 0.6 is 0 Å². The van der Waals surface area contributed by atoms with Crippen LogP contribution in [0.25, 0.3) is 11.1 Å². The average molecular weight is 331 g/mol. The molecule has 3 rings (SSSR count). The normalized spacial score (nSPS) is 10.6. The van der Waals surface area contributed by atoms with Crippen LogP contribution in [0.15, 0.2) is 54.9 Å². The minimum absolute atomic E-state index is 0.144. The van der Waals surface area contributed by atoms with Crippen LogP contribution in [0.5, 0.6) is 0 Å². The zero-order valence-electron chi connectivity index (χ0n) is 14.9. The number of amides is 1. The van der Waals surface area contributed by atoms with Gasteiger partial charge in [-0.2, -0.15) is 0 Å². The van der Waals surface area contributed by atoms with Crippen LogP contribution in [0.1, 0.15) is 27.3 Å². The Morgan fingerprint density at radius 3 is 2.48 bits per heavy atom. The van der Waals surface area contributed by atoms with Crippen LogP contribution in [0.2, 0.25) is 0 Å². The van der Waals surface area contributed by atoms with Crippen molar-refractivity contribution in [1.29, 1.82) is 0 Å². The summed E-state index contributed by atoms with van der Waals surface area (Å²) in [6, 6.07) is 13.8. The molecular formula is C21H21N3O. The summed E-state index contributed by atoms with van der Waals surface area (Å²) in [5.41, 5.74) is 6.29. The largest absolute Gasteiger partial charge is 0.308 e. The smallest absolute Gasteiger partial charge is 0.276 e. The summed E-state index contributed by atoms with van der Waals surface area (Å²) < 4.78 is 0. The molecule has 126 valence electrons. The van der Waals surface area contributed by atoms with Gasteiger partial charge in [0, 0.05) is 24.5 Å². The Morgan fingerprint density at radius 1 is 1.00 bits per heavy atom. The Bertz CT molecular complexity index is 914. The fourth-order valence-electron chi connectivity index (χ4n) is 2.99. The fraction of sp³-hybridized carbons (Fsp3) is 0.190. The number of anilines is 1. The first-order chi connectivity index (χ1) is 12.0. The lowest BCUT2D eigenvalue weighted by Crippen LogP contribution is -2.28. The van der Waals surface area contributed by atoms with Gasteiger partial charge in [-0.1, -0.05) is 24.3 Å². The Hall–Kier alpha value is -3.01.